The molecule has 1 aliphatic carbocycles. The van der Waals surface area contributed by atoms with Crippen molar-refractivity contribution in [1.82, 2.24) is 4.90 Å². The molecule has 1 atom stereocenters. The number of nitrogens with zero attached hydrogens (tertiary/aromatic N) is 1. The van der Waals surface area contributed by atoms with E-state index >= 15 is 0 Å². The van der Waals surface area contributed by atoms with Crippen molar-refractivity contribution in [2.24, 2.45) is 11.8 Å². The van der Waals surface area contributed by atoms with E-state index in [9.17, 15) is 4.79 Å². The van der Waals surface area contributed by atoms with E-state index in [0.29, 0.717) is 17.7 Å². The van der Waals surface area contributed by atoms with Gasteiger partial charge in [0.2, 0.25) is 5.91 Å². The van der Waals surface area contributed by atoms with Crippen LogP contribution in [0.1, 0.15) is 56.2 Å². The minimum Gasteiger partial charge on any atom is -0.338 e. The first kappa shape index (κ1) is 13.7. The fourth-order valence-corrected chi connectivity index (χ4v) is 3.21. The molecule has 2 aliphatic rings. The minimum atomic E-state index is 0.227. The van der Waals surface area contributed by atoms with E-state index < -0.39 is 0 Å². The lowest BCUT2D eigenvalue weighted by atomic mass is 9.92. The summed E-state index contributed by atoms with van der Waals surface area (Å²) in [5, 5.41) is 0. The van der Waals surface area contributed by atoms with Gasteiger partial charge in [0.15, 0.2) is 0 Å². The van der Waals surface area contributed by atoms with Crippen LogP contribution in [0.15, 0.2) is 18.2 Å². The van der Waals surface area contributed by atoms with Crippen molar-refractivity contribution in [2.75, 3.05) is 6.54 Å². The molecular weight excluding hydrogens is 246 g/mol. The second kappa shape index (κ2) is 5.23. The number of hydrogen-bond donors (Lipinski definition) is 0. The van der Waals surface area contributed by atoms with Crippen LogP contribution < -0.4 is 0 Å². The van der Waals surface area contributed by atoms with Crippen molar-refractivity contribution in [3.05, 3.63) is 34.9 Å². The Bertz CT molecular complexity index is 516. The quantitative estimate of drug-likeness (QED) is 0.820. The summed E-state index contributed by atoms with van der Waals surface area (Å²) in [5.41, 5.74) is 4.17. The molecule has 3 rings (SSSR count). The second-order valence-electron chi connectivity index (χ2n) is 6.82. The molecule has 1 aromatic carbocycles. The summed E-state index contributed by atoms with van der Waals surface area (Å²) in [4.78, 5) is 14.6. The zero-order valence-electron chi connectivity index (χ0n) is 12.9. The minimum absolute atomic E-state index is 0.227. The van der Waals surface area contributed by atoms with E-state index in [4.69, 9.17) is 0 Å². The van der Waals surface area contributed by atoms with Gasteiger partial charge in [-0.05, 0) is 47.8 Å². The maximum absolute atomic E-state index is 12.5. The van der Waals surface area contributed by atoms with Gasteiger partial charge >= 0.3 is 0 Å². The molecule has 108 valence electrons. The van der Waals surface area contributed by atoms with Gasteiger partial charge in [0.05, 0.1) is 0 Å². The Labute approximate surface area is 122 Å². The van der Waals surface area contributed by atoms with Gasteiger partial charge in [0, 0.05) is 19.0 Å². The van der Waals surface area contributed by atoms with Crippen molar-refractivity contribution in [3.8, 4) is 0 Å². The summed E-state index contributed by atoms with van der Waals surface area (Å²) in [6.45, 7) is 8.26. The summed E-state index contributed by atoms with van der Waals surface area (Å²) in [6, 6.07) is 6.81. The summed E-state index contributed by atoms with van der Waals surface area (Å²) < 4.78 is 0. The normalized spacial score (nSPS) is 19.9. The van der Waals surface area contributed by atoms with E-state index in [0.717, 1.165) is 19.5 Å². The van der Waals surface area contributed by atoms with Crippen LogP contribution in [0.25, 0.3) is 0 Å². The number of amides is 1. The number of carbonyl (C=O) groups is 1. The molecule has 1 aromatic rings. The largest absolute Gasteiger partial charge is 0.338 e. The zero-order chi connectivity index (χ0) is 14.3. The van der Waals surface area contributed by atoms with Crippen LogP contribution in [0.3, 0.4) is 0 Å². The topological polar surface area (TPSA) is 20.3 Å². The number of fused-ring (bicyclic) bond motifs is 1. The van der Waals surface area contributed by atoms with Crippen LogP contribution in [0.2, 0.25) is 0 Å². The van der Waals surface area contributed by atoms with Crippen LogP contribution in [-0.4, -0.2) is 17.4 Å². The molecule has 1 unspecified atom stereocenters. The van der Waals surface area contributed by atoms with Crippen molar-refractivity contribution in [2.45, 2.75) is 52.5 Å². The van der Waals surface area contributed by atoms with Crippen molar-refractivity contribution < 1.29 is 4.79 Å². The van der Waals surface area contributed by atoms with Gasteiger partial charge in [-0.3, -0.25) is 4.79 Å². The number of hydrogen-bond acceptors (Lipinski definition) is 1. The maximum Gasteiger partial charge on any atom is 0.225 e. The molecule has 2 heteroatoms. The number of carbonyl (C=O) groups excluding carboxylic acids is 1. The Morgan fingerprint density at radius 2 is 1.95 bits per heavy atom. The lowest BCUT2D eigenvalue weighted by Crippen LogP contribution is -2.39. The molecule has 1 amide bonds. The Kier molecular flexibility index (Phi) is 3.57. The van der Waals surface area contributed by atoms with E-state index in [1.54, 1.807) is 0 Å². The summed E-state index contributed by atoms with van der Waals surface area (Å²) >= 11 is 0. The Morgan fingerprint density at radius 1 is 1.20 bits per heavy atom. The summed E-state index contributed by atoms with van der Waals surface area (Å²) in [6.07, 6.45) is 3.50. The third kappa shape index (κ3) is 2.61. The molecular formula is C18H25NO. The Hall–Kier alpha value is -1.31. The predicted octanol–water partition coefficient (Wildman–Crippen LogP) is 3.74. The highest BCUT2D eigenvalue weighted by atomic mass is 16.2. The van der Waals surface area contributed by atoms with Gasteiger partial charge in [-0.2, -0.15) is 0 Å². The van der Waals surface area contributed by atoms with Crippen LogP contribution in [0, 0.1) is 11.8 Å². The summed E-state index contributed by atoms with van der Waals surface area (Å²) in [5.74, 6) is 1.81. The van der Waals surface area contributed by atoms with Gasteiger partial charge in [-0.25, -0.2) is 0 Å². The highest BCUT2D eigenvalue weighted by molar-refractivity contribution is 5.79. The zero-order valence-corrected chi connectivity index (χ0v) is 12.9. The fraction of sp³-hybridized carbons (Fsp3) is 0.611. The van der Waals surface area contributed by atoms with Crippen molar-refractivity contribution >= 4 is 5.91 Å². The number of benzene rings is 1. The molecule has 20 heavy (non-hydrogen) atoms. The SMILES string of the molecule is CC(C)c1ccc2c(c1)CN(C(=O)C(C)C1CC1)CC2. The lowest BCUT2D eigenvalue weighted by molar-refractivity contribution is -0.136. The number of rotatable bonds is 3. The van der Waals surface area contributed by atoms with Crippen LogP contribution >= 0.6 is 0 Å². The third-order valence-electron chi connectivity index (χ3n) is 4.94. The first-order valence-electron chi connectivity index (χ1n) is 7.96. The van der Waals surface area contributed by atoms with Crippen molar-refractivity contribution in [1.29, 1.82) is 0 Å². The monoisotopic (exact) mass is 271 g/mol. The standard InChI is InChI=1S/C18H25NO/c1-12(2)16-7-6-15-8-9-19(11-17(15)10-16)18(20)13(3)14-4-5-14/h6-7,10,12-14H,4-5,8-9,11H2,1-3H3. The average molecular weight is 271 g/mol. The molecule has 1 fully saturated rings. The highest BCUT2D eigenvalue weighted by Crippen LogP contribution is 2.38. The van der Waals surface area contributed by atoms with Gasteiger partial charge in [-0.15, -0.1) is 0 Å². The molecule has 1 heterocycles. The van der Waals surface area contributed by atoms with E-state index in [1.807, 2.05) is 0 Å². The predicted molar refractivity (Wildman–Crippen MR) is 81.5 cm³/mol. The molecule has 1 aliphatic heterocycles. The smallest absolute Gasteiger partial charge is 0.225 e. The van der Waals surface area contributed by atoms with Gasteiger partial charge in [0.25, 0.3) is 0 Å². The fourth-order valence-electron chi connectivity index (χ4n) is 3.21. The molecule has 0 aromatic heterocycles. The third-order valence-corrected chi connectivity index (χ3v) is 4.94. The van der Waals surface area contributed by atoms with Gasteiger partial charge in [0.1, 0.15) is 0 Å². The second-order valence-corrected chi connectivity index (χ2v) is 6.82. The molecule has 0 spiro atoms. The Morgan fingerprint density at radius 3 is 2.60 bits per heavy atom. The molecule has 0 saturated heterocycles. The van der Waals surface area contributed by atoms with E-state index in [-0.39, 0.29) is 5.92 Å². The van der Waals surface area contributed by atoms with Crippen LogP contribution in [0.5, 0.6) is 0 Å². The molecule has 1 saturated carbocycles. The molecule has 0 N–H and O–H groups in total. The van der Waals surface area contributed by atoms with Crippen LogP contribution in [0.4, 0.5) is 0 Å². The summed E-state index contributed by atoms with van der Waals surface area (Å²) in [7, 11) is 0. The van der Waals surface area contributed by atoms with Crippen molar-refractivity contribution in [3.63, 3.8) is 0 Å². The average Bonchev–Trinajstić information content (AvgIpc) is 3.29. The van der Waals surface area contributed by atoms with Gasteiger partial charge in [-0.1, -0.05) is 39.0 Å². The van der Waals surface area contributed by atoms with Crippen LogP contribution in [-0.2, 0) is 17.8 Å². The van der Waals surface area contributed by atoms with E-state index in [1.165, 1.54) is 29.5 Å². The molecule has 2 nitrogen and oxygen atoms in total. The van der Waals surface area contributed by atoms with Gasteiger partial charge < -0.3 is 4.90 Å². The first-order chi connectivity index (χ1) is 9.56. The molecule has 0 radical (unpaired) electrons. The van der Waals surface area contributed by atoms with E-state index in [2.05, 4.69) is 43.9 Å². The first-order valence-corrected chi connectivity index (χ1v) is 7.96. The molecule has 0 bridgehead atoms. The maximum atomic E-state index is 12.5. The highest BCUT2D eigenvalue weighted by Gasteiger charge is 2.35. The Balaban J connectivity index is 1.76. The lowest BCUT2D eigenvalue weighted by Gasteiger charge is -2.31.